The van der Waals surface area contributed by atoms with Crippen LogP contribution in [0.15, 0.2) is 30.5 Å². The van der Waals surface area contributed by atoms with Gasteiger partial charge in [0.2, 0.25) is 5.91 Å². The van der Waals surface area contributed by atoms with Crippen LogP contribution in [-0.2, 0) is 24.1 Å². The Hall–Kier alpha value is -2.21. The topological polar surface area (TPSA) is 70.7 Å². The van der Waals surface area contributed by atoms with E-state index in [-0.39, 0.29) is 11.9 Å². The Kier molecular flexibility index (Phi) is 3.83. The number of nitrogens with one attached hydrogen (secondary N) is 2. The molecular formula is C17H18N4OS. The fraction of sp³-hybridized carbons (Fsp3) is 0.353. The van der Waals surface area contributed by atoms with Crippen LogP contribution < -0.4 is 5.32 Å². The Bertz CT molecular complexity index is 805. The number of carbonyl (C=O) groups excluding carboxylic acids is 1. The largest absolute Gasteiger partial charge is 0.353 e. The second kappa shape index (κ2) is 6.12. The smallest absolute Gasteiger partial charge is 0.220 e. The van der Waals surface area contributed by atoms with Crippen LogP contribution in [0.1, 0.15) is 29.1 Å². The van der Waals surface area contributed by atoms with Crippen LogP contribution in [0.3, 0.4) is 0 Å². The van der Waals surface area contributed by atoms with Crippen LogP contribution in [0.4, 0.5) is 0 Å². The first kappa shape index (κ1) is 14.4. The van der Waals surface area contributed by atoms with Crippen molar-refractivity contribution in [2.45, 2.75) is 38.1 Å². The Balaban J connectivity index is 1.32. The Labute approximate surface area is 138 Å². The number of para-hydroxylation sites is 1. The molecule has 0 bridgehead atoms. The number of amides is 1. The zero-order chi connectivity index (χ0) is 15.6. The molecule has 1 atom stereocenters. The molecule has 2 aromatic heterocycles. The van der Waals surface area contributed by atoms with Crippen molar-refractivity contribution >= 4 is 27.5 Å². The van der Waals surface area contributed by atoms with Gasteiger partial charge < -0.3 is 5.32 Å². The summed E-state index contributed by atoms with van der Waals surface area (Å²) >= 11 is 1.67. The van der Waals surface area contributed by atoms with E-state index in [4.69, 9.17) is 0 Å². The third-order valence-corrected chi connectivity index (χ3v) is 5.39. The van der Waals surface area contributed by atoms with Crippen molar-refractivity contribution in [3.63, 3.8) is 0 Å². The molecule has 1 aromatic carbocycles. The molecule has 2 N–H and O–H groups in total. The summed E-state index contributed by atoms with van der Waals surface area (Å²) in [5.74, 6) is 0.109. The van der Waals surface area contributed by atoms with Gasteiger partial charge >= 0.3 is 0 Å². The minimum absolute atomic E-state index is 0.109. The van der Waals surface area contributed by atoms with E-state index in [1.54, 1.807) is 11.3 Å². The average Bonchev–Trinajstić information content (AvgIpc) is 3.18. The van der Waals surface area contributed by atoms with Gasteiger partial charge in [-0.1, -0.05) is 12.1 Å². The van der Waals surface area contributed by atoms with E-state index in [2.05, 4.69) is 26.6 Å². The van der Waals surface area contributed by atoms with Gasteiger partial charge in [-0.25, -0.2) is 4.98 Å². The van der Waals surface area contributed by atoms with E-state index >= 15 is 0 Å². The van der Waals surface area contributed by atoms with Crippen LogP contribution in [0.5, 0.6) is 0 Å². The maximum Gasteiger partial charge on any atom is 0.220 e. The molecule has 4 rings (SSSR count). The quantitative estimate of drug-likeness (QED) is 0.774. The minimum Gasteiger partial charge on any atom is -0.353 e. The molecule has 1 unspecified atom stereocenters. The van der Waals surface area contributed by atoms with Gasteiger partial charge in [0.15, 0.2) is 0 Å². The molecule has 0 saturated carbocycles. The third-order valence-electron chi connectivity index (χ3n) is 4.29. The van der Waals surface area contributed by atoms with Crippen molar-refractivity contribution in [3.8, 4) is 0 Å². The van der Waals surface area contributed by atoms with Crippen molar-refractivity contribution in [3.05, 3.63) is 46.7 Å². The Morgan fingerprint density at radius 2 is 2.30 bits per heavy atom. The monoisotopic (exact) mass is 326 g/mol. The highest BCUT2D eigenvalue weighted by atomic mass is 32.1. The van der Waals surface area contributed by atoms with Gasteiger partial charge in [-0.05, 0) is 30.5 Å². The normalized spacial score (nSPS) is 17.1. The number of aromatic nitrogens is 3. The lowest BCUT2D eigenvalue weighted by molar-refractivity contribution is -0.121. The number of thiazole rings is 1. The molecule has 0 aliphatic heterocycles. The second-order valence-electron chi connectivity index (χ2n) is 5.96. The van der Waals surface area contributed by atoms with Gasteiger partial charge in [0.1, 0.15) is 0 Å². The van der Waals surface area contributed by atoms with E-state index < -0.39 is 0 Å². The Morgan fingerprint density at radius 3 is 3.22 bits per heavy atom. The number of carbonyl (C=O) groups is 1. The van der Waals surface area contributed by atoms with Crippen LogP contribution >= 0.6 is 11.3 Å². The lowest BCUT2D eigenvalue weighted by atomic mass is 9.93. The zero-order valence-corrected chi connectivity index (χ0v) is 13.5. The van der Waals surface area contributed by atoms with Crippen molar-refractivity contribution in [2.24, 2.45) is 0 Å². The molecule has 1 aliphatic carbocycles. The van der Waals surface area contributed by atoms with Crippen molar-refractivity contribution in [1.29, 1.82) is 0 Å². The van der Waals surface area contributed by atoms with E-state index in [1.165, 1.54) is 10.3 Å². The first-order chi connectivity index (χ1) is 11.3. The van der Waals surface area contributed by atoms with Gasteiger partial charge in [-0.15, -0.1) is 11.3 Å². The first-order valence-corrected chi connectivity index (χ1v) is 8.74. The summed E-state index contributed by atoms with van der Waals surface area (Å²) in [5, 5.41) is 11.3. The number of hydrogen-bond donors (Lipinski definition) is 2. The molecule has 23 heavy (non-hydrogen) atoms. The van der Waals surface area contributed by atoms with E-state index in [0.717, 1.165) is 35.5 Å². The van der Waals surface area contributed by atoms with Crippen molar-refractivity contribution < 1.29 is 4.79 Å². The lowest BCUT2D eigenvalue weighted by Gasteiger charge is -2.22. The summed E-state index contributed by atoms with van der Waals surface area (Å²) in [7, 11) is 0. The first-order valence-electron chi connectivity index (χ1n) is 7.93. The molecule has 6 heteroatoms. The van der Waals surface area contributed by atoms with Crippen LogP contribution in [-0.4, -0.2) is 27.1 Å². The zero-order valence-electron chi connectivity index (χ0n) is 12.7. The SMILES string of the molecule is O=C(CCc1nc2ccccc2s1)NC1CCc2cn[nH]c2C1. The summed E-state index contributed by atoms with van der Waals surface area (Å²) in [5.41, 5.74) is 3.46. The average molecular weight is 326 g/mol. The summed E-state index contributed by atoms with van der Waals surface area (Å²) in [4.78, 5) is 16.8. The molecule has 2 heterocycles. The van der Waals surface area contributed by atoms with Gasteiger partial charge in [0.25, 0.3) is 0 Å². The molecule has 1 aliphatic rings. The number of benzene rings is 1. The summed E-state index contributed by atoms with van der Waals surface area (Å²) in [6.07, 6.45) is 5.90. The number of hydrogen-bond acceptors (Lipinski definition) is 4. The molecule has 118 valence electrons. The van der Waals surface area contributed by atoms with Crippen LogP contribution in [0.2, 0.25) is 0 Å². The maximum atomic E-state index is 12.2. The lowest BCUT2D eigenvalue weighted by Crippen LogP contribution is -2.38. The van der Waals surface area contributed by atoms with Gasteiger partial charge in [0.05, 0.1) is 21.4 Å². The van der Waals surface area contributed by atoms with Gasteiger partial charge in [-0.3, -0.25) is 9.89 Å². The third kappa shape index (κ3) is 3.12. The fourth-order valence-corrected chi connectivity index (χ4v) is 4.05. The maximum absolute atomic E-state index is 12.2. The number of aromatic amines is 1. The van der Waals surface area contributed by atoms with Crippen LogP contribution in [0, 0.1) is 0 Å². The van der Waals surface area contributed by atoms with Crippen molar-refractivity contribution in [1.82, 2.24) is 20.5 Å². The Morgan fingerprint density at radius 1 is 1.39 bits per heavy atom. The minimum atomic E-state index is 0.109. The number of H-pyrrole nitrogens is 1. The van der Waals surface area contributed by atoms with Gasteiger partial charge in [-0.2, -0.15) is 5.10 Å². The molecule has 1 amide bonds. The molecule has 5 nitrogen and oxygen atoms in total. The van der Waals surface area contributed by atoms with E-state index in [1.807, 2.05) is 24.4 Å². The van der Waals surface area contributed by atoms with Gasteiger partial charge in [0, 0.05) is 31.0 Å². The molecular weight excluding hydrogens is 308 g/mol. The number of aryl methyl sites for hydroxylation is 2. The summed E-state index contributed by atoms with van der Waals surface area (Å²) in [6.45, 7) is 0. The van der Waals surface area contributed by atoms with E-state index in [0.29, 0.717) is 12.8 Å². The van der Waals surface area contributed by atoms with E-state index in [9.17, 15) is 4.79 Å². The number of fused-ring (bicyclic) bond motifs is 2. The second-order valence-corrected chi connectivity index (χ2v) is 7.07. The molecule has 0 radical (unpaired) electrons. The molecule has 3 aromatic rings. The highest BCUT2D eigenvalue weighted by molar-refractivity contribution is 7.18. The molecule has 0 spiro atoms. The fourth-order valence-electron chi connectivity index (χ4n) is 3.08. The number of rotatable bonds is 4. The summed E-state index contributed by atoms with van der Waals surface area (Å²) in [6, 6.07) is 8.31. The predicted molar refractivity (Wildman–Crippen MR) is 90.5 cm³/mol. The van der Waals surface area contributed by atoms with Crippen LogP contribution in [0.25, 0.3) is 10.2 Å². The summed E-state index contributed by atoms with van der Waals surface area (Å²) < 4.78 is 1.18. The molecule has 0 saturated heterocycles. The highest BCUT2D eigenvalue weighted by Gasteiger charge is 2.21. The predicted octanol–water partition coefficient (Wildman–Crippen LogP) is 2.63. The standard InChI is InChI=1S/C17H18N4OS/c22-16(19-12-6-5-11-10-18-21-14(11)9-12)7-8-17-20-13-3-1-2-4-15(13)23-17/h1-4,10,12H,5-9H2,(H,18,21)(H,19,22). The highest BCUT2D eigenvalue weighted by Crippen LogP contribution is 2.23. The van der Waals surface area contributed by atoms with Crippen molar-refractivity contribution in [2.75, 3.05) is 0 Å². The number of nitrogens with zero attached hydrogens (tertiary/aromatic N) is 2. The molecule has 0 fully saturated rings.